The van der Waals surface area contributed by atoms with Crippen LogP contribution in [0, 0.1) is 0 Å². The van der Waals surface area contributed by atoms with Gasteiger partial charge in [-0.25, -0.2) is 4.79 Å². The van der Waals surface area contributed by atoms with Crippen LogP contribution < -0.4 is 4.74 Å². The fourth-order valence-electron chi connectivity index (χ4n) is 2.26. The number of aromatic nitrogens is 2. The van der Waals surface area contributed by atoms with Crippen molar-refractivity contribution in [2.24, 2.45) is 7.05 Å². The lowest BCUT2D eigenvalue weighted by Crippen LogP contribution is -1.92. The summed E-state index contributed by atoms with van der Waals surface area (Å²) in [7, 11) is 3.50. The lowest BCUT2D eigenvalue weighted by atomic mass is 10.1. The molecule has 6 heteroatoms. The highest BCUT2D eigenvalue weighted by molar-refractivity contribution is 5.98. The Morgan fingerprint density at radius 2 is 2.20 bits per heavy atom. The molecule has 0 saturated heterocycles. The number of aromatic carboxylic acids is 1. The van der Waals surface area contributed by atoms with Crippen molar-refractivity contribution in [3.63, 3.8) is 0 Å². The number of ether oxygens (including phenoxy) is 1. The standard InChI is InChI=1S/C14H12N2O4/c1-16-6-5-8-10(16)3-4-11(19-2)13(8)9-7-12(14(17)18)20-15-9/h3-7H,1-2H3,(H,17,18). The molecule has 0 saturated carbocycles. The van der Waals surface area contributed by atoms with Crippen LogP contribution in [0.5, 0.6) is 5.75 Å². The van der Waals surface area contributed by atoms with E-state index >= 15 is 0 Å². The van der Waals surface area contributed by atoms with Crippen molar-refractivity contribution < 1.29 is 19.2 Å². The second-order valence-corrected chi connectivity index (χ2v) is 4.38. The van der Waals surface area contributed by atoms with E-state index in [-0.39, 0.29) is 5.76 Å². The van der Waals surface area contributed by atoms with E-state index in [0.717, 1.165) is 16.5 Å². The molecule has 20 heavy (non-hydrogen) atoms. The van der Waals surface area contributed by atoms with E-state index in [1.165, 1.54) is 6.07 Å². The first-order valence-corrected chi connectivity index (χ1v) is 5.94. The van der Waals surface area contributed by atoms with Crippen LogP contribution in [0.1, 0.15) is 10.6 Å². The van der Waals surface area contributed by atoms with Crippen molar-refractivity contribution in [1.29, 1.82) is 0 Å². The molecule has 0 radical (unpaired) electrons. The molecule has 6 nitrogen and oxygen atoms in total. The first-order valence-electron chi connectivity index (χ1n) is 5.94. The monoisotopic (exact) mass is 272 g/mol. The number of hydrogen-bond acceptors (Lipinski definition) is 4. The molecule has 0 spiro atoms. The Bertz CT molecular complexity index is 801. The molecule has 3 rings (SSSR count). The van der Waals surface area contributed by atoms with Gasteiger partial charge in [-0.2, -0.15) is 0 Å². The number of carboxylic acids is 1. The Balaban J connectivity index is 2.29. The second kappa shape index (κ2) is 4.41. The molecular weight excluding hydrogens is 260 g/mol. The third-order valence-electron chi connectivity index (χ3n) is 3.23. The minimum absolute atomic E-state index is 0.199. The van der Waals surface area contributed by atoms with Crippen molar-refractivity contribution in [3.8, 4) is 17.0 Å². The zero-order valence-corrected chi connectivity index (χ0v) is 11.0. The average Bonchev–Trinajstić information content (AvgIpc) is 3.05. The van der Waals surface area contributed by atoms with Crippen LogP contribution in [0.3, 0.4) is 0 Å². The summed E-state index contributed by atoms with van der Waals surface area (Å²) in [6.07, 6.45) is 1.92. The molecule has 0 atom stereocenters. The van der Waals surface area contributed by atoms with Gasteiger partial charge < -0.3 is 18.9 Å². The van der Waals surface area contributed by atoms with E-state index in [0.29, 0.717) is 11.4 Å². The average molecular weight is 272 g/mol. The predicted octanol–water partition coefficient (Wildman–Crippen LogP) is 2.54. The third-order valence-corrected chi connectivity index (χ3v) is 3.23. The summed E-state index contributed by atoms with van der Waals surface area (Å²) in [5.74, 6) is -0.730. The summed E-state index contributed by atoms with van der Waals surface area (Å²) in [5, 5.41) is 13.7. The van der Waals surface area contributed by atoms with Crippen LogP contribution in [0.15, 0.2) is 35.0 Å². The fourth-order valence-corrected chi connectivity index (χ4v) is 2.26. The summed E-state index contributed by atoms with van der Waals surface area (Å²) in [6, 6.07) is 7.09. The first-order chi connectivity index (χ1) is 9.61. The van der Waals surface area contributed by atoms with Crippen LogP contribution >= 0.6 is 0 Å². The fraction of sp³-hybridized carbons (Fsp3) is 0.143. The van der Waals surface area contributed by atoms with Crippen molar-refractivity contribution in [1.82, 2.24) is 9.72 Å². The summed E-state index contributed by atoms with van der Waals surface area (Å²) in [6.45, 7) is 0. The van der Waals surface area contributed by atoms with Crippen LogP contribution in [-0.2, 0) is 7.05 Å². The quantitative estimate of drug-likeness (QED) is 0.792. The summed E-state index contributed by atoms with van der Waals surface area (Å²) in [5.41, 5.74) is 2.17. The Morgan fingerprint density at radius 1 is 1.40 bits per heavy atom. The Labute approximate surface area is 114 Å². The second-order valence-electron chi connectivity index (χ2n) is 4.38. The van der Waals surface area contributed by atoms with Gasteiger partial charge in [0.2, 0.25) is 5.76 Å². The molecule has 0 aliphatic heterocycles. The number of rotatable bonds is 3. The van der Waals surface area contributed by atoms with Gasteiger partial charge in [0, 0.05) is 30.2 Å². The Hall–Kier alpha value is -2.76. The number of methoxy groups -OCH3 is 1. The van der Waals surface area contributed by atoms with E-state index < -0.39 is 5.97 Å². The number of benzene rings is 1. The Morgan fingerprint density at radius 3 is 2.85 bits per heavy atom. The molecule has 1 aromatic carbocycles. The highest BCUT2D eigenvalue weighted by atomic mass is 16.5. The number of nitrogens with zero attached hydrogens (tertiary/aromatic N) is 2. The van der Waals surface area contributed by atoms with E-state index in [9.17, 15) is 4.79 Å². The van der Waals surface area contributed by atoms with Gasteiger partial charge in [-0.1, -0.05) is 5.16 Å². The Kier molecular flexibility index (Phi) is 2.71. The molecule has 0 bridgehead atoms. The highest BCUT2D eigenvalue weighted by Gasteiger charge is 2.18. The molecule has 102 valence electrons. The van der Waals surface area contributed by atoms with E-state index in [2.05, 4.69) is 5.16 Å². The number of hydrogen-bond donors (Lipinski definition) is 1. The van der Waals surface area contributed by atoms with Crippen molar-refractivity contribution in [3.05, 3.63) is 36.2 Å². The van der Waals surface area contributed by atoms with Gasteiger partial charge in [-0.15, -0.1) is 0 Å². The van der Waals surface area contributed by atoms with Gasteiger partial charge in [0.25, 0.3) is 0 Å². The number of fused-ring (bicyclic) bond motifs is 1. The SMILES string of the molecule is COc1ccc2c(ccn2C)c1-c1cc(C(=O)O)on1. The van der Waals surface area contributed by atoms with Gasteiger partial charge in [0.05, 0.1) is 12.7 Å². The maximum absolute atomic E-state index is 10.9. The summed E-state index contributed by atoms with van der Waals surface area (Å²) in [4.78, 5) is 10.9. The predicted molar refractivity (Wildman–Crippen MR) is 71.9 cm³/mol. The van der Waals surface area contributed by atoms with Gasteiger partial charge in [0.15, 0.2) is 0 Å². The molecule has 2 aromatic heterocycles. The largest absolute Gasteiger partial charge is 0.496 e. The van der Waals surface area contributed by atoms with Crippen LogP contribution in [0.25, 0.3) is 22.2 Å². The smallest absolute Gasteiger partial charge is 0.374 e. The number of aryl methyl sites for hydroxylation is 1. The molecule has 0 unspecified atom stereocenters. The molecule has 1 N–H and O–H groups in total. The molecule has 0 aliphatic rings. The molecule has 0 amide bonds. The maximum Gasteiger partial charge on any atom is 0.374 e. The van der Waals surface area contributed by atoms with Gasteiger partial charge in [-0.05, 0) is 18.2 Å². The number of carboxylic acid groups (broad SMARTS) is 1. The number of carbonyl (C=O) groups is 1. The molecule has 0 fully saturated rings. The molecule has 0 aliphatic carbocycles. The van der Waals surface area contributed by atoms with Crippen molar-refractivity contribution in [2.45, 2.75) is 0 Å². The topological polar surface area (TPSA) is 77.5 Å². The normalized spacial score (nSPS) is 10.9. The van der Waals surface area contributed by atoms with Crippen molar-refractivity contribution >= 4 is 16.9 Å². The zero-order valence-electron chi connectivity index (χ0n) is 11.0. The van der Waals surface area contributed by atoms with Gasteiger partial charge in [-0.3, -0.25) is 0 Å². The van der Waals surface area contributed by atoms with Gasteiger partial charge in [0.1, 0.15) is 11.4 Å². The van der Waals surface area contributed by atoms with Crippen LogP contribution in [0.4, 0.5) is 0 Å². The first kappa shape index (κ1) is 12.3. The van der Waals surface area contributed by atoms with Crippen LogP contribution in [0.2, 0.25) is 0 Å². The zero-order chi connectivity index (χ0) is 14.3. The third kappa shape index (κ3) is 1.73. The van der Waals surface area contributed by atoms with E-state index in [1.807, 2.05) is 36.0 Å². The summed E-state index contributed by atoms with van der Waals surface area (Å²) < 4.78 is 12.1. The van der Waals surface area contributed by atoms with Crippen LogP contribution in [-0.4, -0.2) is 27.9 Å². The minimum atomic E-state index is -1.15. The molecule has 2 heterocycles. The maximum atomic E-state index is 10.9. The van der Waals surface area contributed by atoms with Crippen molar-refractivity contribution in [2.75, 3.05) is 7.11 Å². The summed E-state index contributed by atoms with van der Waals surface area (Å²) >= 11 is 0. The van der Waals surface area contributed by atoms with E-state index in [4.69, 9.17) is 14.4 Å². The highest BCUT2D eigenvalue weighted by Crippen LogP contribution is 2.36. The van der Waals surface area contributed by atoms with E-state index in [1.54, 1.807) is 7.11 Å². The molecular formula is C14H12N2O4. The lowest BCUT2D eigenvalue weighted by Gasteiger charge is -2.07. The lowest BCUT2D eigenvalue weighted by molar-refractivity contribution is 0.0652. The van der Waals surface area contributed by atoms with Gasteiger partial charge >= 0.3 is 5.97 Å². The molecule has 3 aromatic rings. The minimum Gasteiger partial charge on any atom is -0.496 e.